The maximum Gasteiger partial charge on any atom is 0.206 e. The van der Waals surface area contributed by atoms with Gasteiger partial charge in [-0.2, -0.15) is 0 Å². The third-order valence-electron chi connectivity index (χ3n) is 0.890. The Labute approximate surface area is 68.9 Å². The highest BCUT2D eigenvalue weighted by Gasteiger charge is 2.04. The Morgan fingerprint density at radius 2 is 2.40 bits per heavy atom. The lowest BCUT2D eigenvalue weighted by Gasteiger charge is -1.94. The lowest BCUT2D eigenvalue weighted by molar-refractivity contribution is 0.559. The van der Waals surface area contributed by atoms with E-state index in [1.807, 2.05) is 0 Å². The van der Waals surface area contributed by atoms with Gasteiger partial charge < -0.3 is 4.55 Å². The van der Waals surface area contributed by atoms with Crippen LogP contribution in [0.1, 0.15) is 0 Å². The topological polar surface area (TPSA) is 50.2 Å². The minimum absolute atomic E-state index is 0.155. The van der Waals surface area contributed by atoms with Gasteiger partial charge in [-0.3, -0.25) is 0 Å². The molecule has 0 saturated carbocycles. The van der Waals surface area contributed by atoms with Gasteiger partial charge in [0.2, 0.25) is 11.1 Å². The molecule has 5 heteroatoms. The van der Waals surface area contributed by atoms with Crippen molar-refractivity contribution >= 4 is 27.0 Å². The first-order chi connectivity index (χ1) is 4.72. The van der Waals surface area contributed by atoms with Gasteiger partial charge in [0.1, 0.15) is 0 Å². The van der Waals surface area contributed by atoms with Crippen molar-refractivity contribution in [2.75, 3.05) is 0 Å². The number of rotatable bonds is 1. The molecule has 1 heterocycles. The van der Waals surface area contributed by atoms with E-state index in [2.05, 4.69) is 20.9 Å². The Morgan fingerprint density at radius 1 is 1.70 bits per heavy atom. The first-order valence-electron chi connectivity index (χ1n) is 2.43. The molecular weight excluding hydrogens is 218 g/mol. The fourth-order valence-corrected chi connectivity index (χ4v) is 1.56. The van der Waals surface area contributed by atoms with Gasteiger partial charge in [0.15, 0.2) is 5.03 Å². The van der Waals surface area contributed by atoms with Gasteiger partial charge in [-0.25, -0.2) is 9.19 Å². The summed E-state index contributed by atoms with van der Waals surface area (Å²) in [7, 11) is 0. The molecule has 10 heavy (non-hydrogen) atoms. The van der Waals surface area contributed by atoms with Gasteiger partial charge in [-0.1, -0.05) is 0 Å². The Kier molecular flexibility index (Phi) is 2.53. The van der Waals surface area contributed by atoms with Crippen LogP contribution < -0.4 is 0 Å². The minimum Gasteiger partial charge on any atom is -0.301 e. The van der Waals surface area contributed by atoms with Crippen LogP contribution >= 0.6 is 15.9 Å². The molecule has 0 spiro atoms. The van der Waals surface area contributed by atoms with Crippen molar-refractivity contribution in [3.05, 3.63) is 22.8 Å². The van der Waals surface area contributed by atoms with Crippen LogP contribution in [-0.4, -0.2) is 13.7 Å². The monoisotopic (exact) mass is 221 g/mol. The van der Waals surface area contributed by atoms with Crippen molar-refractivity contribution in [2.45, 2.75) is 5.03 Å². The van der Waals surface area contributed by atoms with Crippen molar-refractivity contribution in [3.63, 3.8) is 0 Å². The molecule has 1 rings (SSSR count). The van der Waals surface area contributed by atoms with E-state index >= 15 is 0 Å². The molecule has 1 aromatic heterocycles. The third kappa shape index (κ3) is 1.62. The van der Waals surface area contributed by atoms with E-state index in [1.54, 1.807) is 12.1 Å². The summed E-state index contributed by atoms with van der Waals surface area (Å²) in [5.74, 6) is 0. The van der Waals surface area contributed by atoms with Gasteiger partial charge in [0.05, 0.1) is 4.47 Å². The van der Waals surface area contributed by atoms with Crippen LogP contribution in [0, 0.1) is 0 Å². The molecule has 54 valence electrons. The van der Waals surface area contributed by atoms with Crippen LogP contribution in [0.25, 0.3) is 0 Å². The Morgan fingerprint density at radius 3 is 2.80 bits per heavy atom. The van der Waals surface area contributed by atoms with E-state index in [9.17, 15) is 4.21 Å². The summed E-state index contributed by atoms with van der Waals surface area (Å²) in [4.78, 5) is 3.68. The zero-order valence-electron chi connectivity index (χ0n) is 4.82. The SMILES string of the molecule is O=S(O)c1ncccc1Br. The molecule has 0 aliphatic carbocycles. The van der Waals surface area contributed by atoms with Crippen molar-refractivity contribution in [3.8, 4) is 0 Å². The highest BCUT2D eigenvalue weighted by molar-refractivity contribution is 9.10. The average Bonchev–Trinajstić information content (AvgIpc) is 1.88. The van der Waals surface area contributed by atoms with Gasteiger partial charge in [-0.15, -0.1) is 0 Å². The highest BCUT2D eigenvalue weighted by Crippen LogP contribution is 2.15. The second-order valence-corrected chi connectivity index (χ2v) is 3.28. The standard InChI is InChI=1S/C5H4BrNO2S/c6-4-2-1-3-7-5(4)10(8)9/h1-3H,(H,8,9). The van der Waals surface area contributed by atoms with E-state index < -0.39 is 11.1 Å². The quantitative estimate of drug-likeness (QED) is 0.731. The van der Waals surface area contributed by atoms with Crippen molar-refractivity contribution < 1.29 is 8.76 Å². The molecule has 0 fully saturated rings. The summed E-state index contributed by atoms with van der Waals surface area (Å²) in [6.45, 7) is 0. The molecule has 0 aliphatic heterocycles. The van der Waals surface area contributed by atoms with Crippen LogP contribution in [0.15, 0.2) is 27.8 Å². The van der Waals surface area contributed by atoms with Crippen LogP contribution in [-0.2, 0) is 11.1 Å². The summed E-state index contributed by atoms with van der Waals surface area (Å²) in [5.41, 5.74) is 0. The molecule has 3 nitrogen and oxygen atoms in total. The van der Waals surface area contributed by atoms with Crippen molar-refractivity contribution in [2.24, 2.45) is 0 Å². The summed E-state index contributed by atoms with van der Waals surface area (Å²) in [6, 6.07) is 3.34. The molecule has 0 amide bonds. The average molecular weight is 222 g/mol. The molecular formula is C5H4BrNO2S. The van der Waals surface area contributed by atoms with E-state index in [4.69, 9.17) is 4.55 Å². The Bertz CT molecular complexity index is 266. The maximum atomic E-state index is 10.4. The van der Waals surface area contributed by atoms with Crippen LogP contribution in [0.2, 0.25) is 0 Å². The Hall–Kier alpha value is -0.260. The minimum atomic E-state index is -2.00. The van der Waals surface area contributed by atoms with Crippen LogP contribution in [0.4, 0.5) is 0 Å². The molecule has 1 aromatic rings. The van der Waals surface area contributed by atoms with Gasteiger partial charge >= 0.3 is 0 Å². The summed E-state index contributed by atoms with van der Waals surface area (Å²) in [6.07, 6.45) is 1.47. The number of aromatic nitrogens is 1. The van der Waals surface area contributed by atoms with E-state index in [1.165, 1.54) is 6.20 Å². The summed E-state index contributed by atoms with van der Waals surface area (Å²) in [5, 5.41) is 0.155. The first kappa shape index (κ1) is 7.84. The fourth-order valence-electron chi connectivity index (χ4n) is 0.500. The first-order valence-corrected chi connectivity index (χ1v) is 4.33. The highest BCUT2D eigenvalue weighted by atomic mass is 79.9. The molecule has 1 atom stereocenters. The smallest absolute Gasteiger partial charge is 0.206 e. The van der Waals surface area contributed by atoms with Gasteiger partial charge in [0, 0.05) is 6.20 Å². The third-order valence-corrected chi connectivity index (χ3v) is 2.45. The number of halogens is 1. The fraction of sp³-hybridized carbons (Fsp3) is 0. The molecule has 1 unspecified atom stereocenters. The van der Waals surface area contributed by atoms with E-state index in [0.717, 1.165) is 0 Å². The molecule has 0 radical (unpaired) electrons. The predicted molar refractivity (Wildman–Crippen MR) is 41.0 cm³/mol. The zero-order chi connectivity index (χ0) is 7.56. The van der Waals surface area contributed by atoms with Crippen molar-refractivity contribution in [1.82, 2.24) is 4.98 Å². The Balaban J connectivity index is 3.15. The van der Waals surface area contributed by atoms with E-state index in [-0.39, 0.29) is 5.03 Å². The molecule has 0 bridgehead atoms. The second kappa shape index (κ2) is 3.23. The number of nitrogens with zero attached hydrogens (tertiary/aromatic N) is 1. The lowest BCUT2D eigenvalue weighted by atomic mass is 10.5. The molecule has 1 N–H and O–H groups in total. The lowest BCUT2D eigenvalue weighted by Crippen LogP contribution is -1.92. The molecule has 0 aromatic carbocycles. The van der Waals surface area contributed by atoms with E-state index in [0.29, 0.717) is 4.47 Å². The largest absolute Gasteiger partial charge is 0.301 e. The predicted octanol–water partition coefficient (Wildman–Crippen LogP) is 1.42. The molecule has 0 aliphatic rings. The van der Waals surface area contributed by atoms with Gasteiger partial charge in [-0.05, 0) is 28.1 Å². The number of hydrogen-bond acceptors (Lipinski definition) is 2. The normalized spacial score (nSPS) is 13.0. The van der Waals surface area contributed by atoms with Crippen molar-refractivity contribution in [1.29, 1.82) is 0 Å². The second-order valence-electron chi connectivity index (χ2n) is 1.54. The zero-order valence-corrected chi connectivity index (χ0v) is 7.22. The number of pyridine rings is 1. The van der Waals surface area contributed by atoms with Crippen LogP contribution in [0.3, 0.4) is 0 Å². The summed E-state index contributed by atoms with van der Waals surface area (Å²) < 4.78 is 19.6. The van der Waals surface area contributed by atoms with Gasteiger partial charge in [0.25, 0.3) is 0 Å². The maximum absolute atomic E-state index is 10.4. The summed E-state index contributed by atoms with van der Waals surface area (Å²) >= 11 is 1.08. The number of hydrogen-bond donors (Lipinski definition) is 1. The molecule has 0 saturated heterocycles. The van der Waals surface area contributed by atoms with Crippen LogP contribution in [0.5, 0.6) is 0 Å².